The zero-order valence-electron chi connectivity index (χ0n) is 23.9. The van der Waals surface area contributed by atoms with E-state index in [-0.39, 0.29) is 18.0 Å². The highest BCUT2D eigenvalue weighted by molar-refractivity contribution is 6.30. The standard InChI is InChI=1S/C32H43ClN4O3/c1-21(16-31(38)36(2)3)24-17-27-19-30(20-28(18-24)34-27)40-29-10-8-26(9-11-29)35-32(39)37-14-12-23(13-15-37)22-4-6-25(33)7-5-22/h4-11,21,23-24,27-28,30,34H,12-20H2,1-3H3,(H,35,39)/t21?,24?,27-,28+,30?. The van der Waals surface area contributed by atoms with Gasteiger partial charge >= 0.3 is 6.03 Å². The lowest BCUT2D eigenvalue weighted by atomic mass is 9.73. The van der Waals surface area contributed by atoms with Gasteiger partial charge in [-0.25, -0.2) is 4.79 Å². The van der Waals surface area contributed by atoms with Crippen molar-refractivity contribution in [2.45, 2.75) is 76.0 Å². The first-order valence-corrected chi connectivity index (χ1v) is 15.2. The summed E-state index contributed by atoms with van der Waals surface area (Å²) in [6.45, 7) is 3.71. The van der Waals surface area contributed by atoms with Crippen molar-refractivity contribution >= 4 is 29.2 Å². The molecule has 3 unspecified atom stereocenters. The van der Waals surface area contributed by atoms with Crippen molar-refractivity contribution in [2.75, 3.05) is 32.5 Å². The average molecular weight is 567 g/mol. The van der Waals surface area contributed by atoms with Crippen LogP contribution in [-0.4, -0.2) is 67.1 Å². The average Bonchev–Trinajstić information content (AvgIpc) is 2.94. The summed E-state index contributed by atoms with van der Waals surface area (Å²) in [5.74, 6) is 2.50. The fraction of sp³-hybridized carbons (Fsp3) is 0.562. The van der Waals surface area contributed by atoms with E-state index in [1.807, 2.05) is 55.4 Å². The van der Waals surface area contributed by atoms with Crippen LogP contribution in [-0.2, 0) is 4.79 Å². The third-order valence-electron chi connectivity index (χ3n) is 9.07. The largest absolute Gasteiger partial charge is 0.490 e. The summed E-state index contributed by atoms with van der Waals surface area (Å²) in [7, 11) is 3.67. The van der Waals surface area contributed by atoms with E-state index >= 15 is 0 Å². The summed E-state index contributed by atoms with van der Waals surface area (Å²) in [5, 5.41) is 7.58. The van der Waals surface area contributed by atoms with Crippen molar-refractivity contribution in [3.05, 3.63) is 59.1 Å². The van der Waals surface area contributed by atoms with Crippen molar-refractivity contribution in [3.8, 4) is 5.75 Å². The van der Waals surface area contributed by atoms with Crippen molar-refractivity contribution in [3.63, 3.8) is 0 Å². The fourth-order valence-electron chi connectivity index (χ4n) is 6.70. The van der Waals surface area contributed by atoms with Crippen molar-refractivity contribution in [1.82, 2.24) is 15.1 Å². The van der Waals surface area contributed by atoms with Crippen LogP contribution in [0.5, 0.6) is 5.75 Å². The Morgan fingerprint density at radius 3 is 2.23 bits per heavy atom. The van der Waals surface area contributed by atoms with Crippen molar-refractivity contribution in [2.24, 2.45) is 11.8 Å². The minimum atomic E-state index is -0.0505. The molecule has 40 heavy (non-hydrogen) atoms. The number of nitrogens with zero attached hydrogens (tertiary/aromatic N) is 2. The lowest BCUT2D eigenvalue weighted by Gasteiger charge is -2.45. The predicted molar refractivity (Wildman–Crippen MR) is 160 cm³/mol. The number of hydrogen-bond acceptors (Lipinski definition) is 4. The molecule has 2 aromatic carbocycles. The van der Waals surface area contributed by atoms with Gasteiger partial charge in [0.05, 0.1) is 0 Å². The van der Waals surface area contributed by atoms with Gasteiger partial charge in [-0.15, -0.1) is 0 Å². The normalized spacial score (nSPS) is 25.6. The molecule has 3 aliphatic heterocycles. The van der Waals surface area contributed by atoms with Gasteiger partial charge in [0.25, 0.3) is 0 Å². The Balaban J connectivity index is 1.06. The topological polar surface area (TPSA) is 73.9 Å². The van der Waals surface area contributed by atoms with E-state index in [0.717, 1.165) is 68.1 Å². The minimum absolute atomic E-state index is 0.0505. The van der Waals surface area contributed by atoms with Gasteiger partial charge < -0.3 is 25.2 Å². The number of fused-ring (bicyclic) bond motifs is 2. The second kappa shape index (κ2) is 12.8. The summed E-state index contributed by atoms with van der Waals surface area (Å²) < 4.78 is 6.39. The first-order valence-electron chi connectivity index (χ1n) is 14.8. The van der Waals surface area contributed by atoms with Gasteiger partial charge in [0, 0.05) is 56.4 Å². The monoisotopic (exact) mass is 566 g/mol. The van der Waals surface area contributed by atoms with Gasteiger partial charge in [0.1, 0.15) is 11.9 Å². The Morgan fingerprint density at radius 2 is 1.62 bits per heavy atom. The van der Waals surface area contributed by atoms with Gasteiger partial charge in [0.2, 0.25) is 5.91 Å². The second-order valence-corrected chi connectivity index (χ2v) is 12.7. The van der Waals surface area contributed by atoms with E-state index in [2.05, 4.69) is 29.7 Å². The molecule has 216 valence electrons. The van der Waals surface area contributed by atoms with E-state index in [1.165, 1.54) is 5.56 Å². The molecule has 0 radical (unpaired) electrons. The first kappa shape index (κ1) is 28.7. The highest BCUT2D eigenvalue weighted by Gasteiger charge is 2.38. The number of carbonyl (C=O) groups excluding carboxylic acids is 2. The van der Waals surface area contributed by atoms with Gasteiger partial charge in [-0.05, 0) is 98.2 Å². The predicted octanol–water partition coefficient (Wildman–Crippen LogP) is 6.14. The van der Waals surface area contributed by atoms with E-state index < -0.39 is 0 Å². The van der Waals surface area contributed by atoms with Crippen LogP contribution in [0.3, 0.4) is 0 Å². The number of piperidine rings is 3. The SMILES string of the molecule is CC(CC(=O)N(C)C)C1C[C@H]2CC(Oc3ccc(NC(=O)N4CCC(c5ccc(Cl)cc5)CC4)cc3)C[C@@H](C1)N2. The lowest BCUT2D eigenvalue weighted by Crippen LogP contribution is -2.54. The van der Waals surface area contributed by atoms with E-state index in [1.54, 1.807) is 4.90 Å². The minimum Gasteiger partial charge on any atom is -0.490 e. The van der Waals surface area contributed by atoms with Crippen molar-refractivity contribution < 1.29 is 14.3 Å². The molecule has 3 heterocycles. The molecule has 8 heteroatoms. The summed E-state index contributed by atoms with van der Waals surface area (Å²) in [6, 6.07) is 16.6. The maximum absolute atomic E-state index is 12.9. The lowest BCUT2D eigenvalue weighted by molar-refractivity contribution is -0.130. The van der Waals surface area contributed by atoms with Crippen LogP contribution in [0, 0.1) is 11.8 Å². The Morgan fingerprint density at radius 1 is 1.00 bits per heavy atom. The molecule has 3 saturated heterocycles. The van der Waals surface area contributed by atoms with Crippen LogP contribution >= 0.6 is 11.6 Å². The van der Waals surface area contributed by atoms with Crippen LogP contribution in [0.4, 0.5) is 10.5 Å². The molecule has 5 rings (SSSR count). The number of carbonyl (C=O) groups is 2. The second-order valence-electron chi connectivity index (χ2n) is 12.2. The molecule has 0 aromatic heterocycles. The highest BCUT2D eigenvalue weighted by Crippen LogP contribution is 2.37. The molecule has 0 spiro atoms. The van der Waals surface area contributed by atoms with E-state index in [0.29, 0.717) is 36.3 Å². The quantitative estimate of drug-likeness (QED) is 0.422. The first-order chi connectivity index (χ1) is 19.2. The molecule has 5 atom stereocenters. The molecule has 7 nitrogen and oxygen atoms in total. The van der Waals surface area contributed by atoms with Crippen LogP contribution in [0.1, 0.15) is 63.4 Å². The van der Waals surface area contributed by atoms with Crippen LogP contribution in [0.25, 0.3) is 0 Å². The maximum Gasteiger partial charge on any atom is 0.321 e. The number of likely N-dealkylation sites (tertiary alicyclic amines) is 1. The van der Waals surface area contributed by atoms with Gasteiger partial charge in [0.15, 0.2) is 0 Å². The molecule has 0 saturated carbocycles. The number of urea groups is 1. The number of anilines is 1. The summed E-state index contributed by atoms with van der Waals surface area (Å²) in [5.41, 5.74) is 2.08. The zero-order valence-corrected chi connectivity index (χ0v) is 24.7. The molecular formula is C32H43ClN4O3. The van der Waals surface area contributed by atoms with Crippen molar-refractivity contribution in [1.29, 1.82) is 0 Å². The third-order valence-corrected chi connectivity index (χ3v) is 9.32. The molecule has 0 aliphatic carbocycles. The van der Waals surface area contributed by atoms with Crippen LogP contribution in [0.15, 0.2) is 48.5 Å². The maximum atomic E-state index is 12.9. The molecular weight excluding hydrogens is 524 g/mol. The number of halogens is 1. The van der Waals surface area contributed by atoms with E-state index in [4.69, 9.17) is 16.3 Å². The molecule has 3 aliphatic rings. The Bertz CT molecular complexity index is 1130. The molecule has 2 bridgehead atoms. The van der Waals surface area contributed by atoms with E-state index in [9.17, 15) is 9.59 Å². The third kappa shape index (κ3) is 7.29. The summed E-state index contributed by atoms with van der Waals surface area (Å²) in [6.07, 6.45) is 6.86. The summed E-state index contributed by atoms with van der Waals surface area (Å²) in [4.78, 5) is 28.7. The van der Waals surface area contributed by atoms with Gasteiger partial charge in [-0.1, -0.05) is 30.7 Å². The summed E-state index contributed by atoms with van der Waals surface area (Å²) >= 11 is 6.02. The Hall–Kier alpha value is -2.77. The molecule has 3 amide bonds. The fourth-order valence-corrected chi connectivity index (χ4v) is 6.83. The zero-order chi connectivity index (χ0) is 28.2. The number of benzene rings is 2. The number of nitrogens with one attached hydrogen (secondary N) is 2. The number of hydrogen-bond donors (Lipinski definition) is 2. The molecule has 2 N–H and O–H groups in total. The molecule has 3 fully saturated rings. The Kier molecular flexibility index (Phi) is 9.21. The van der Waals surface area contributed by atoms with Gasteiger partial charge in [-0.2, -0.15) is 0 Å². The van der Waals surface area contributed by atoms with Crippen LogP contribution in [0.2, 0.25) is 5.02 Å². The van der Waals surface area contributed by atoms with Gasteiger partial charge in [-0.3, -0.25) is 4.79 Å². The number of amides is 3. The van der Waals surface area contributed by atoms with Crippen LogP contribution < -0.4 is 15.4 Å². The Labute approximate surface area is 243 Å². The molecule has 2 aromatic rings. The number of ether oxygens (including phenoxy) is 1. The highest BCUT2D eigenvalue weighted by atomic mass is 35.5. The smallest absolute Gasteiger partial charge is 0.321 e. The number of rotatable bonds is 7.